The van der Waals surface area contributed by atoms with Gasteiger partial charge in [0.15, 0.2) is 5.78 Å². The average molecular weight is 323 g/mol. The second-order valence-electron chi connectivity index (χ2n) is 5.01. The van der Waals surface area contributed by atoms with Crippen molar-refractivity contribution in [1.29, 1.82) is 0 Å². The van der Waals surface area contributed by atoms with Crippen molar-refractivity contribution < 1.29 is 19.4 Å². The van der Waals surface area contributed by atoms with E-state index in [2.05, 4.69) is 17.2 Å². The van der Waals surface area contributed by atoms with E-state index >= 15 is 0 Å². The first kappa shape index (κ1) is 17.1. The molecule has 0 fully saturated rings. The number of nitrogens with one attached hydrogen (secondary N) is 1. The van der Waals surface area contributed by atoms with Crippen molar-refractivity contribution in [3.63, 3.8) is 0 Å². The normalized spacial score (nSPS) is 9.54. The smallest absolute Gasteiger partial charge is 0.408 e. The van der Waals surface area contributed by atoms with E-state index in [4.69, 9.17) is 4.74 Å². The lowest BCUT2D eigenvalue weighted by Gasteiger charge is -2.04. The van der Waals surface area contributed by atoms with Gasteiger partial charge >= 0.3 is 6.09 Å². The number of hydrogen-bond acceptors (Lipinski definition) is 4. The van der Waals surface area contributed by atoms with Gasteiger partial charge in [0.1, 0.15) is 12.4 Å². The molecule has 122 valence electrons. The molecular formula is C19H17NO4. The fourth-order valence-corrected chi connectivity index (χ4v) is 1.94. The summed E-state index contributed by atoms with van der Waals surface area (Å²) in [6.45, 7) is 1.69. The summed E-state index contributed by atoms with van der Waals surface area (Å²) in [4.78, 5) is 22.7. The predicted octanol–water partition coefficient (Wildman–Crippen LogP) is 2.87. The van der Waals surface area contributed by atoms with Crippen LogP contribution in [-0.4, -0.2) is 23.5 Å². The summed E-state index contributed by atoms with van der Waals surface area (Å²) in [6, 6.07) is 13.9. The van der Waals surface area contributed by atoms with Gasteiger partial charge in [-0.25, -0.2) is 4.79 Å². The zero-order valence-electron chi connectivity index (χ0n) is 13.2. The summed E-state index contributed by atoms with van der Waals surface area (Å²) in [5.41, 5.74) is 1.71. The molecule has 0 spiro atoms. The molecule has 0 bridgehead atoms. The largest absolute Gasteiger partial charge is 0.507 e. The molecule has 0 unspecified atom stereocenters. The highest BCUT2D eigenvalue weighted by Gasteiger charge is 2.05. The zero-order chi connectivity index (χ0) is 17.4. The van der Waals surface area contributed by atoms with Crippen LogP contribution in [0.5, 0.6) is 5.75 Å². The summed E-state index contributed by atoms with van der Waals surface area (Å²) in [5, 5.41) is 12.2. The summed E-state index contributed by atoms with van der Waals surface area (Å²) >= 11 is 0. The first-order valence-corrected chi connectivity index (χ1v) is 7.33. The van der Waals surface area contributed by atoms with Gasteiger partial charge in [0.05, 0.1) is 12.1 Å². The van der Waals surface area contributed by atoms with E-state index in [1.165, 1.54) is 19.1 Å². The Labute approximate surface area is 140 Å². The number of ketones is 1. The maximum absolute atomic E-state index is 11.5. The lowest BCUT2D eigenvalue weighted by atomic mass is 10.1. The summed E-state index contributed by atoms with van der Waals surface area (Å²) < 4.78 is 5.05. The summed E-state index contributed by atoms with van der Waals surface area (Å²) in [7, 11) is 0. The molecule has 0 aliphatic rings. The van der Waals surface area contributed by atoms with Crippen molar-refractivity contribution in [3.05, 3.63) is 65.2 Å². The quantitative estimate of drug-likeness (QED) is 0.670. The molecule has 0 saturated heterocycles. The molecule has 0 aliphatic heterocycles. The van der Waals surface area contributed by atoms with Crippen molar-refractivity contribution in [1.82, 2.24) is 5.32 Å². The van der Waals surface area contributed by atoms with Crippen LogP contribution in [0.1, 0.15) is 28.4 Å². The number of hydrogen-bond donors (Lipinski definition) is 2. The number of phenolic OH excluding ortho intramolecular Hbond substituents is 1. The van der Waals surface area contributed by atoms with Crippen LogP contribution >= 0.6 is 0 Å². The Morgan fingerprint density at radius 3 is 2.58 bits per heavy atom. The minimum Gasteiger partial charge on any atom is -0.507 e. The highest BCUT2D eigenvalue weighted by molar-refractivity contribution is 5.96. The molecule has 0 aliphatic carbocycles. The number of ether oxygens (including phenoxy) is 1. The van der Waals surface area contributed by atoms with Crippen LogP contribution in [0.3, 0.4) is 0 Å². The first-order valence-electron chi connectivity index (χ1n) is 7.33. The van der Waals surface area contributed by atoms with E-state index in [1.807, 2.05) is 30.3 Å². The van der Waals surface area contributed by atoms with Crippen molar-refractivity contribution in [2.75, 3.05) is 6.54 Å². The lowest BCUT2D eigenvalue weighted by molar-refractivity contribution is 0.101. The molecule has 0 radical (unpaired) electrons. The van der Waals surface area contributed by atoms with E-state index in [-0.39, 0.29) is 30.2 Å². The molecular weight excluding hydrogens is 306 g/mol. The van der Waals surface area contributed by atoms with Crippen LogP contribution in [0.15, 0.2) is 48.5 Å². The van der Waals surface area contributed by atoms with Gasteiger partial charge in [0.2, 0.25) is 0 Å². The van der Waals surface area contributed by atoms with E-state index in [0.29, 0.717) is 5.56 Å². The van der Waals surface area contributed by atoms with Gasteiger partial charge in [-0.2, -0.15) is 0 Å². The maximum atomic E-state index is 11.5. The molecule has 2 rings (SSSR count). The molecule has 1 amide bonds. The molecule has 0 saturated carbocycles. The molecule has 0 aromatic heterocycles. The number of benzene rings is 2. The molecule has 24 heavy (non-hydrogen) atoms. The number of amides is 1. The van der Waals surface area contributed by atoms with Crippen molar-refractivity contribution in [2.45, 2.75) is 13.5 Å². The summed E-state index contributed by atoms with van der Waals surface area (Å²) in [5.74, 6) is 5.22. The maximum Gasteiger partial charge on any atom is 0.408 e. The second-order valence-corrected chi connectivity index (χ2v) is 5.01. The Balaban J connectivity index is 1.80. The Bertz CT molecular complexity index is 788. The third-order valence-electron chi connectivity index (χ3n) is 3.14. The number of rotatable bonds is 4. The van der Waals surface area contributed by atoms with Gasteiger partial charge in [-0.15, -0.1) is 0 Å². The third-order valence-corrected chi connectivity index (χ3v) is 3.14. The minimum absolute atomic E-state index is 0.107. The number of Topliss-reactive ketones (excluding diaryl/α,β-unsaturated/α-hetero) is 1. The van der Waals surface area contributed by atoms with Crippen molar-refractivity contribution in [2.24, 2.45) is 0 Å². The molecule has 5 heteroatoms. The fourth-order valence-electron chi connectivity index (χ4n) is 1.94. The van der Waals surface area contributed by atoms with Crippen LogP contribution in [0.25, 0.3) is 0 Å². The van der Waals surface area contributed by atoms with Gasteiger partial charge < -0.3 is 15.2 Å². The fraction of sp³-hybridized carbons (Fsp3) is 0.158. The number of carbonyl (C=O) groups excluding carboxylic acids is 2. The van der Waals surface area contributed by atoms with E-state index < -0.39 is 6.09 Å². The standard InChI is InChI=1S/C19H17NO4/c1-14(21)17-10-9-15(12-18(17)22)8-5-11-20-19(23)24-13-16-6-3-2-4-7-16/h2-4,6-7,9-10,12,22H,11,13H2,1H3,(H,20,23). The molecule has 2 aromatic carbocycles. The molecule has 2 N–H and O–H groups in total. The van der Waals surface area contributed by atoms with Crippen LogP contribution in [0.4, 0.5) is 4.79 Å². The number of carbonyl (C=O) groups is 2. The number of aromatic hydroxyl groups is 1. The average Bonchev–Trinajstić information content (AvgIpc) is 2.57. The van der Waals surface area contributed by atoms with Crippen LogP contribution in [-0.2, 0) is 11.3 Å². The lowest BCUT2D eigenvalue weighted by Crippen LogP contribution is -2.24. The Morgan fingerprint density at radius 1 is 1.17 bits per heavy atom. The highest BCUT2D eigenvalue weighted by Crippen LogP contribution is 2.18. The minimum atomic E-state index is -0.553. The van der Waals surface area contributed by atoms with Gasteiger partial charge in [-0.05, 0) is 30.7 Å². The topological polar surface area (TPSA) is 75.6 Å². The Hall–Kier alpha value is -3.26. The second kappa shape index (κ2) is 8.39. The number of alkyl carbamates (subject to hydrolysis) is 1. The number of phenols is 1. The predicted molar refractivity (Wildman–Crippen MR) is 89.6 cm³/mol. The monoisotopic (exact) mass is 323 g/mol. The Kier molecular flexibility index (Phi) is 5.98. The van der Waals surface area contributed by atoms with Crippen molar-refractivity contribution in [3.8, 4) is 17.6 Å². The van der Waals surface area contributed by atoms with E-state index in [9.17, 15) is 14.7 Å². The van der Waals surface area contributed by atoms with Gasteiger partial charge in [-0.3, -0.25) is 4.79 Å². The SMILES string of the molecule is CC(=O)c1ccc(C#CCNC(=O)OCc2ccccc2)cc1O. The van der Waals surface area contributed by atoms with E-state index in [0.717, 1.165) is 5.56 Å². The highest BCUT2D eigenvalue weighted by atomic mass is 16.5. The first-order chi connectivity index (χ1) is 11.6. The zero-order valence-corrected chi connectivity index (χ0v) is 13.2. The molecule has 5 nitrogen and oxygen atoms in total. The molecule has 0 atom stereocenters. The van der Waals surface area contributed by atoms with Crippen molar-refractivity contribution >= 4 is 11.9 Å². The molecule has 2 aromatic rings. The van der Waals surface area contributed by atoms with Gasteiger partial charge in [0, 0.05) is 5.56 Å². The Morgan fingerprint density at radius 2 is 1.92 bits per heavy atom. The van der Waals surface area contributed by atoms with Crippen LogP contribution in [0.2, 0.25) is 0 Å². The third kappa shape index (κ3) is 5.18. The van der Waals surface area contributed by atoms with Gasteiger partial charge in [-0.1, -0.05) is 42.2 Å². The van der Waals surface area contributed by atoms with E-state index in [1.54, 1.807) is 6.07 Å². The molecule has 0 heterocycles. The van der Waals surface area contributed by atoms with Gasteiger partial charge in [0.25, 0.3) is 0 Å². The van der Waals surface area contributed by atoms with Crippen LogP contribution in [0, 0.1) is 11.8 Å². The van der Waals surface area contributed by atoms with Crippen LogP contribution < -0.4 is 5.32 Å². The summed E-state index contributed by atoms with van der Waals surface area (Å²) in [6.07, 6.45) is -0.553.